The Morgan fingerprint density at radius 1 is 1.00 bits per heavy atom. The largest absolute Gasteiger partial charge is 0.370 e. The molecule has 3 amide bonds. The lowest BCUT2D eigenvalue weighted by Crippen LogP contribution is -2.59. The van der Waals surface area contributed by atoms with Crippen LogP contribution >= 0.6 is 0 Å². The van der Waals surface area contributed by atoms with E-state index in [4.69, 9.17) is 0 Å². The Hall–Kier alpha value is -2.04. The lowest BCUT2D eigenvalue weighted by atomic mass is 9.63. The monoisotopic (exact) mass is 285 g/mol. The standard InChI is InChI=1S/C16H19N3O2/c20-14-6-9-19(15(21)17-14)13-4-2-12(3-5-13)18-10-16(11-18)7-1-8-16/h2-5H,1,6-11H2,(H,17,20,21). The van der Waals surface area contributed by atoms with Gasteiger partial charge in [0.2, 0.25) is 5.91 Å². The quantitative estimate of drug-likeness (QED) is 0.905. The maximum absolute atomic E-state index is 11.8. The van der Waals surface area contributed by atoms with Gasteiger partial charge < -0.3 is 4.90 Å². The third-order valence-electron chi connectivity index (χ3n) is 5.05. The second-order valence-corrected chi connectivity index (χ2v) is 6.48. The third kappa shape index (κ3) is 2.07. The van der Waals surface area contributed by atoms with Gasteiger partial charge in [0.25, 0.3) is 0 Å². The van der Waals surface area contributed by atoms with Crippen LogP contribution in [0, 0.1) is 5.41 Å². The van der Waals surface area contributed by atoms with Crippen molar-refractivity contribution >= 4 is 23.3 Å². The first-order valence-electron chi connectivity index (χ1n) is 7.62. The first-order chi connectivity index (χ1) is 10.2. The van der Waals surface area contributed by atoms with Gasteiger partial charge in [-0.1, -0.05) is 6.42 Å². The highest BCUT2D eigenvalue weighted by atomic mass is 16.2. The zero-order chi connectivity index (χ0) is 14.4. The van der Waals surface area contributed by atoms with Crippen LogP contribution in [0.1, 0.15) is 25.7 Å². The highest BCUT2D eigenvalue weighted by molar-refractivity contribution is 6.05. The number of benzene rings is 1. The van der Waals surface area contributed by atoms with Crippen LogP contribution in [0.25, 0.3) is 0 Å². The number of anilines is 2. The van der Waals surface area contributed by atoms with Gasteiger partial charge in [-0.15, -0.1) is 0 Å². The zero-order valence-electron chi connectivity index (χ0n) is 12.0. The normalized spacial score (nSPS) is 23.6. The summed E-state index contributed by atoms with van der Waals surface area (Å²) in [5, 5.41) is 2.35. The Balaban J connectivity index is 1.44. The van der Waals surface area contributed by atoms with Gasteiger partial charge in [-0.25, -0.2) is 4.79 Å². The van der Waals surface area contributed by atoms with Crippen molar-refractivity contribution in [3.8, 4) is 0 Å². The van der Waals surface area contributed by atoms with Crippen LogP contribution in [-0.4, -0.2) is 31.6 Å². The number of carbonyl (C=O) groups is 2. The molecule has 1 aliphatic carbocycles. The third-order valence-corrected chi connectivity index (χ3v) is 5.05. The molecule has 21 heavy (non-hydrogen) atoms. The summed E-state index contributed by atoms with van der Waals surface area (Å²) in [5.74, 6) is -0.195. The molecule has 2 aliphatic heterocycles. The summed E-state index contributed by atoms with van der Waals surface area (Å²) in [5.41, 5.74) is 2.69. The molecular formula is C16H19N3O2. The van der Waals surface area contributed by atoms with E-state index in [1.165, 1.54) is 38.0 Å². The predicted molar refractivity (Wildman–Crippen MR) is 80.4 cm³/mol. The molecule has 5 nitrogen and oxygen atoms in total. The van der Waals surface area contributed by atoms with Crippen LogP contribution in [0.4, 0.5) is 16.2 Å². The number of amides is 3. The molecule has 0 atom stereocenters. The van der Waals surface area contributed by atoms with Gasteiger partial charge >= 0.3 is 6.03 Å². The van der Waals surface area contributed by atoms with Crippen molar-refractivity contribution in [3.63, 3.8) is 0 Å². The Morgan fingerprint density at radius 3 is 2.24 bits per heavy atom. The van der Waals surface area contributed by atoms with E-state index in [1.54, 1.807) is 4.90 Å². The Morgan fingerprint density at radius 2 is 1.67 bits per heavy atom. The summed E-state index contributed by atoms with van der Waals surface area (Å²) in [4.78, 5) is 27.0. The first kappa shape index (κ1) is 12.7. The van der Waals surface area contributed by atoms with Gasteiger partial charge in [0.1, 0.15) is 0 Å². The second kappa shape index (κ2) is 4.48. The molecule has 1 saturated carbocycles. The fourth-order valence-electron chi connectivity index (χ4n) is 3.59. The summed E-state index contributed by atoms with van der Waals surface area (Å²) in [6.45, 7) is 2.80. The van der Waals surface area contributed by atoms with Crippen molar-refractivity contribution < 1.29 is 9.59 Å². The van der Waals surface area contributed by atoms with E-state index in [1.807, 2.05) is 12.1 Å². The first-order valence-corrected chi connectivity index (χ1v) is 7.62. The molecule has 0 bridgehead atoms. The van der Waals surface area contributed by atoms with E-state index in [-0.39, 0.29) is 11.9 Å². The highest BCUT2D eigenvalue weighted by Crippen LogP contribution is 2.49. The van der Waals surface area contributed by atoms with Crippen molar-refractivity contribution in [1.29, 1.82) is 0 Å². The van der Waals surface area contributed by atoms with Crippen molar-refractivity contribution in [2.24, 2.45) is 5.41 Å². The Bertz CT molecular complexity index is 584. The van der Waals surface area contributed by atoms with E-state index in [0.29, 0.717) is 18.4 Å². The maximum Gasteiger partial charge on any atom is 0.328 e. The van der Waals surface area contributed by atoms with E-state index < -0.39 is 0 Å². The molecular weight excluding hydrogens is 266 g/mol. The van der Waals surface area contributed by atoms with Gasteiger partial charge in [0.05, 0.1) is 0 Å². The lowest BCUT2D eigenvalue weighted by molar-refractivity contribution is -0.120. The number of rotatable bonds is 2. The Kier molecular flexibility index (Phi) is 2.71. The predicted octanol–water partition coefficient (Wildman–Crippen LogP) is 2.12. The zero-order valence-corrected chi connectivity index (χ0v) is 12.0. The van der Waals surface area contributed by atoms with Crippen LogP contribution in [0.3, 0.4) is 0 Å². The van der Waals surface area contributed by atoms with Crippen LogP contribution in [0.5, 0.6) is 0 Å². The minimum atomic E-state index is -0.323. The van der Waals surface area contributed by atoms with Crippen molar-refractivity contribution in [3.05, 3.63) is 24.3 Å². The van der Waals surface area contributed by atoms with Crippen molar-refractivity contribution in [1.82, 2.24) is 5.32 Å². The summed E-state index contributed by atoms with van der Waals surface area (Å²) >= 11 is 0. The van der Waals surface area contributed by atoms with Gasteiger partial charge in [-0.3, -0.25) is 15.0 Å². The molecule has 2 heterocycles. The van der Waals surface area contributed by atoms with Gasteiger partial charge in [0, 0.05) is 42.8 Å². The lowest BCUT2D eigenvalue weighted by Gasteiger charge is -2.57. The molecule has 110 valence electrons. The SMILES string of the molecule is O=C1CCN(c2ccc(N3CC4(CCC4)C3)cc2)C(=O)N1. The molecule has 5 heteroatoms. The molecule has 1 aromatic rings. The number of carbonyl (C=O) groups excluding carboxylic acids is 2. The average Bonchev–Trinajstić information content (AvgIpc) is 2.36. The summed E-state index contributed by atoms with van der Waals surface area (Å²) in [7, 11) is 0. The molecule has 4 rings (SSSR count). The fraction of sp³-hybridized carbons (Fsp3) is 0.500. The minimum Gasteiger partial charge on any atom is -0.370 e. The summed E-state index contributed by atoms with van der Waals surface area (Å²) < 4.78 is 0. The number of hydrogen-bond acceptors (Lipinski definition) is 3. The fourth-order valence-corrected chi connectivity index (χ4v) is 3.59. The number of nitrogens with one attached hydrogen (secondary N) is 1. The Labute approximate surface area is 123 Å². The maximum atomic E-state index is 11.8. The molecule has 3 aliphatic rings. The van der Waals surface area contributed by atoms with Crippen LogP contribution in [0.2, 0.25) is 0 Å². The van der Waals surface area contributed by atoms with Crippen LogP contribution in [-0.2, 0) is 4.79 Å². The number of hydrogen-bond donors (Lipinski definition) is 1. The minimum absolute atomic E-state index is 0.195. The topological polar surface area (TPSA) is 52.7 Å². The number of urea groups is 1. The highest BCUT2D eigenvalue weighted by Gasteiger charge is 2.47. The number of imide groups is 1. The van der Waals surface area contributed by atoms with E-state index in [2.05, 4.69) is 22.3 Å². The van der Waals surface area contributed by atoms with Crippen LogP contribution < -0.4 is 15.1 Å². The van der Waals surface area contributed by atoms with Crippen molar-refractivity contribution in [2.75, 3.05) is 29.4 Å². The molecule has 3 fully saturated rings. The van der Waals surface area contributed by atoms with Crippen molar-refractivity contribution in [2.45, 2.75) is 25.7 Å². The van der Waals surface area contributed by atoms with E-state index in [9.17, 15) is 9.59 Å². The van der Waals surface area contributed by atoms with Crippen LogP contribution in [0.15, 0.2) is 24.3 Å². The average molecular weight is 285 g/mol. The number of nitrogens with zero attached hydrogens (tertiary/aromatic N) is 2. The van der Waals surface area contributed by atoms with E-state index >= 15 is 0 Å². The molecule has 0 unspecified atom stereocenters. The second-order valence-electron chi connectivity index (χ2n) is 6.48. The molecule has 2 saturated heterocycles. The molecule has 1 N–H and O–H groups in total. The molecule has 0 aromatic heterocycles. The summed E-state index contributed by atoms with van der Waals surface area (Å²) in [6, 6.07) is 7.76. The van der Waals surface area contributed by atoms with E-state index in [0.717, 1.165) is 5.69 Å². The summed E-state index contributed by atoms with van der Waals surface area (Å²) in [6.07, 6.45) is 4.50. The smallest absolute Gasteiger partial charge is 0.328 e. The molecule has 1 spiro atoms. The van der Waals surface area contributed by atoms with Gasteiger partial charge in [-0.05, 0) is 37.1 Å². The molecule has 1 aromatic carbocycles. The van der Waals surface area contributed by atoms with Gasteiger partial charge in [-0.2, -0.15) is 0 Å². The molecule has 0 radical (unpaired) electrons. The van der Waals surface area contributed by atoms with Gasteiger partial charge in [0.15, 0.2) is 0 Å².